The highest BCUT2D eigenvalue weighted by molar-refractivity contribution is 9.10. The molecular formula is C19H19BrN2O. The van der Waals surface area contributed by atoms with Gasteiger partial charge in [0.15, 0.2) is 0 Å². The fraction of sp³-hybridized carbons (Fsp3) is 0.316. The summed E-state index contributed by atoms with van der Waals surface area (Å²) in [5.74, 6) is 0. The molecule has 0 bridgehead atoms. The largest absolute Gasteiger partial charge is 0.366 e. The standard InChI is InChI=1S/C19H19BrN2O/c1-18(2)15-6-4-5-7-17(15)22(3)19(18)12-16(21-23-19)13-8-10-14(20)11-9-13/h4-11H,12H2,1-3H3/t19-/m0/s1. The SMILES string of the molecule is CN1c2ccccc2C(C)(C)[C@@]12CC(c1ccc(Br)cc1)=NO2. The van der Waals surface area contributed by atoms with E-state index in [0.29, 0.717) is 0 Å². The van der Waals surface area contributed by atoms with E-state index in [0.717, 1.165) is 22.2 Å². The fourth-order valence-corrected chi connectivity index (χ4v) is 4.12. The molecule has 0 fully saturated rings. The van der Waals surface area contributed by atoms with Gasteiger partial charge in [-0.1, -0.05) is 51.4 Å². The first-order chi connectivity index (χ1) is 11.0. The maximum Gasteiger partial charge on any atom is 0.224 e. The van der Waals surface area contributed by atoms with Crippen LogP contribution >= 0.6 is 15.9 Å². The molecule has 2 aliphatic rings. The van der Waals surface area contributed by atoms with Crippen molar-refractivity contribution in [3.05, 3.63) is 64.1 Å². The van der Waals surface area contributed by atoms with Crippen LogP contribution in [0.15, 0.2) is 58.2 Å². The Morgan fingerprint density at radius 1 is 1.09 bits per heavy atom. The van der Waals surface area contributed by atoms with Gasteiger partial charge in [-0.15, -0.1) is 0 Å². The summed E-state index contributed by atoms with van der Waals surface area (Å²) >= 11 is 3.48. The quantitative estimate of drug-likeness (QED) is 0.726. The highest BCUT2D eigenvalue weighted by atomic mass is 79.9. The molecule has 2 aliphatic heterocycles. The number of fused-ring (bicyclic) bond motifs is 1. The lowest BCUT2D eigenvalue weighted by Gasteiger charge is -2.40. The van der Waals surface area contributed by atoms with E-state index in [4.69, 9.17) is 4.84 Å². The van der Waals surface area contributed by atoms with Gasteiger partial charge in [0.25, 0.3) is 0 Å². The summed E-state index contributed by atoms with van der Waals surface area (Å²) < 4.78 is 1.07. The molecule has 1 atom stereocenters. The molecule has 2 aromatic rings. The molecule has 0 saturated carbocycles. The highest BCUT2D eigenvalue weighted by Gasteiger charge is 2.61. The van der Waals surface area contributed by atoms with Crippen LogP contribution in [0.1, 0.15) is 31.4 Å². The molecule has 1 spiro atoms. The molecule has 2 aromatic carbocycles. The van der Waals surface area contributed by atoms with E-state index >= 15 is 0 Å². The van der Waals surface area contributed by atoms with E-state index in [1.807, 2.05) is 12.1 Å². The van der Waals surface area contributed by atoms with Crippen LogP contribution in [0.3, 0.4) is 0 Å². The van der Waals surface area contributed by atoms with Crippen molar-refractivity contribution in [1.29, 1.82) is 0 Å². The number of likely N-dealkylation sites (N-methyl/N-ethyl adjacent to an activating group) is 1. The van der Waals surface area contributed by atoms with Gasteiger partial charge < -0.3 is 9.74 Å². The van der Waals surface area contributed by atoms with E-state index in [2.05, 4.69) is 83.3 Å². The van der Waals surface area contributed by atoms with Crippen LogP contribution in [0.5, 0.6) is 0 Å². The van der Waals surface area contributed by atoms with Crippen LogP contribution in [0, 0.1) is 0 Å². The van der Waals surface area contributed by atoms with Gasteiger partial charge in [-0.25, -0.2) is 0 Å². The van der Waals surface area contributed by atoms with Crippen molar-refractivity contribution in [3.63, 3.8) is 0 Å². The number of halogens is 1. The van der Waals surface area contributed by atoms with Gasteiger partial charge in [-0.3, -0.25) is 0 Å². The molecule has 2 heterocycles. The molecule has 23 heavy (non-hydrogen) atoms. The highest BCUT2D eigenvalue weighted by Crippen LogP contribution is 2.55. The van der Waals surface area contributed by atoms with Gasteiger partial charge in [0.1, 0.15) is 0 Å². The molecule has 0 radical (unpaired) electrons. The van der Waals surface area contributed by atoms with E-state index < -0.39 is 5.72 Å². The zero-order valence-corrected chi connectivity index (χ0v) is 15.1. The van der Waals surface area contributed by atoms with Crippen molar-refractivity contribution in [1.82, 2.24) is 0 Å². The number of anilines is 1. The summed E-state index contributed by atoms with van der Waals surface area (Å²) in [5, 5.41) is 4.46. The van der Waals surface area contributed by atoms with Crippen molar-refractivity contribution in [2.75, 3.05) is 11.9 Å². The van der Waals surface area contributed by atoms with Crippen molar-refractivity contribution in [3.8, 4) is 0 Å². The molecule has 0 saturated heterocycles. The first-order valence-electron chi connectivity index (χ1n) is 7.80. The summed E-state index contributed by atoms with van der Waals surface area (Å²) in [6.07, 6.45) is 0.771. The second-order valence-corrected chi connectivity index (χ2v) is 7.71. The third-order valence-corrected chi connectivity index (χ3v) is 5.88. The normalized spacial score (nSPS) is 24.5. The van der Waals surface area contributed by atoms with Crippen molar-refractivity contribution in [2.45, 2.75) is 31.4 Å². The Balaban J connectivity index is 1.73. The van der Waals surface area contributed by atoms with Crippen molar-refractivity contribution >= 4 is 27.3 Å². The molecule has 4 heteroatoms. The number of nitrogens with zero attached hydrogens (tertiary/aromatic N) is 2. The second-order valence-electron chi connectivity index (χ2n) is 6.80. The molecule has 0 amide bonds. The number of hydrogen-bond donors (Lipinski definition) is 0. The monoisotopic (exact) mass is 370 g/mol. The Labute approximate surface area is 145 Å². The minimum absolute atomic E-state index is 0.140. The van der Waals surface area contributed by atoms with Gasteiger partial charge >= 0.3 is 0 Å². The number of para-hydroxylation sites is 1. The molecule has 4 rings (SSSR count). The number of rotatable bonds is 1. The summed E-state index contributed by atoms with van der Waals surface area (Å²) in [6.45, 7) is 4.49. The Morgan fingerprint density at radius 3 is 2.48 bits per heavy atom. The lowest BCUT2D eigenvalue weighted by molar-refractivity contribution is -0.0591. The van der Waals surface area contributed by atoms with Gasteiger partial charge in [0.05, 0.1) is 17.5 Å². The van der Waals surface area contributed by atoms with Gasteiger partial charge in [0, 0.05) is 17.2 Å². The Kier molecular flexibility index (Phi) is 3.11. The smallest absolute Gasteiger partial charge is 0.224 e. The van der Waals surface area contributed by atoms with Crippen LogP contribution in [0.25, 0.3) is 0 Å². The number of benzene rings is 2. The van der Waals surface area contributed by atoms with Crippen LogP contribution in [-0.2, 0) is 10.3 Å². The third kappa shape index (κ3) is 1.91. The number of hydrogen-bond acceptors (Lipinski definition) is 3. The van der Waals surface area contributed by atoms with Crippen molar-refractivity contribution < 1.29 is 4.84 Å². The number of oxime groups is 1. The summed E-state index contributed by atoms with van der Waals surface area (Å²) in [6, 6.07) is 16.8. The maximum atomic E-state index is 6.11. The Bertz CT molecular complexity index is 797. The van der Waals surface area contributed by atoms with Gasteiger partial charge in [-0.05, 0) is 43.2 Å². The van der Waals surface area contributed by atoms with Crippen molar-refractivity contribution in [2.24, 2.45) is 5.16 Å². The minimum atomic E-state index is -0.459. The predicted octanol–water partition coefficient (Wildman–Crippen LogP) is 4.70. The minimum Gasteiger partial charge on any atom is -0.366 e. The first-order valence-corrected chi connectivity index (χ1v) is 8.59. The summed E-state index contributed by atoms with van der Waals surface area (Å²) in [4.78, 5) is 8.36. The van der Waals surface area contributed by atoms with E-state index in [9.17, 15) is 0 Å². The molecular weight excluding hydrogens is 352 g/mol. The molecule has 0 aliphatic carbocycles. The molecule has 0 aromatic heterocycles. The lowest BCUT2D eigenvalue weighted by Crippen LogP contribution is -2.54. The first kappa shape index (κ1) is 14.8. The van der Waals surface area contributed by atoms with E-state index in [1.54, 1.807) is 0 Å². The van der Waals surface area contributed by atoms with Crippen LogP contribution in [0.2, 0.25) is 0 Å². The van der Waals surface area contributed by atoms with Gasteiger partial charge in [-0.2, -0.15) is 0 Å². The van der Waals surface area contributed by atoms with Crippen LogP contribution in [0.4, 0.5) is 5.69 Å². The molecule has 0 unspecified atom stereocenters. The predicted molar refractivity (Wildman–Crippen MR) is 97.0 cm³/mol. The zero-order chi connectivity index (χ0) is 16.2. The zero-order valence-electron chi connectivity index (χ0n) is 13.5. The summed E-state index contributed by atoms with van der Waals surface area (Å²) in [5.41, 5.74) is 4.06. The second kappa shape index (κ2) is 4.84. The average Bonchev–Trinajstić information content (AvgIpc) is 3.07. The lowest BCUT2D eigenvalue weighted by atomic mass is 9.75. The fourth-order valence-electron chi connectivity index (χ4n) is 3.85. The van der Waals surface area contributed by atoms with Gasteiger partial charge in [0.2, 0.25) is 5.72 Å². The average molecular weight is 371 g/mol. The molecule has 118 valence electrons. The third-order valence-electron chi connectivity index (χ3n) is 5.35. The van der Waals surface area contributed by atoms with Crippen LogP contribution in [-0.4, -0.2) is 18.5 Å². The topological polar surface area (TPSA) is 24.8 Å². The summed E-state index contributed by atoms with van der Waals surface area (Å²) in [7, 11) is 2.10. The maximum absolute atomic E-state index is 6.11. The van der Waals surface area contributed by atoms with E-state index in [-0.39, 0.29) is 5.41 Å². The Hall–Kier alpha value is -1.81. The molecule has 0 N–H and O–H groups in total. The molecule has 3 nitrogen and oxygen atoms in total. The Morgan fingerprint density at radius 2 is 1.78 bits per heavy atom. The van der Waals surface area contributed by atoms with E-state index in [1.165, 1.54) is 11.3 Å². The van der Waals surface area contributed by atoms with Crippen LogP contribution < -0.4 is 4.90 Å².